The normalized spacial score (nSPS) is 14.4. The lowest BCUT2D eigenvalue weighted by atomic mass is 10.0. The Morgan fingerprint density at radius 3 is 2.07 bits per heavy atom. The van der Waals surface area contributed by atoms with Gasteiger partial charge < -0.3 is 10.2 Å². The molecule has 2 amide bonds. The molecule has 0 aromatic heterocycles. The van der Waals surface area contributed by atoms with Crippen LogP contribution in [0.1, 0.15) is 49.7 Å². The Bertz CT molecular complexity index is 1380. The SMILES string of the molecule is CS(=O)(=O)N(CCCC(=O)N(Cc1ccccc1)[C@@H](Cc1ccccc1)C(=O)NC1CCCC1)c1ccc(Cl)cc1. The van der Waals surface area contributed by atoms with Crippen molar-refractivity contribution < 1.29 is 18.0 Å². The predicted octanol–water partition coefficient (Wildman–Crippen LogP) is 5.59. The molecule has 0 spiro atoms. The minimum Gasteiger partial charge on any atom is -0.352 e. The predicted molar refractivity (Wildman–Crippen MR) is 164 cm³/mol. The number of nitrogens with zero attached hydrogens (tertiary/aromatic N) is 2. The third-order valence-electron chi connectivity index (χ3n) is 7.44. The lowest BCUT2D eigenvalue weighted by Gasteiger charge is -2.33. The summed E-state index contributed by atoms with van der Waals surface area (Å²) >= 11 is 5.99. The number of carbonyl (C=O) groups excluding carboxylic acids is 2. The van der Waals surface area contributed by atoms with Crippen LogP contribution in [0.4, 0.5) is 5.69 Å². The molecule has 0 saturated heterocycles. The third-order valence-corrected chi connectivity index (χ3v) is 8.88. The molecule has 4 rings (SSSR count). The van der Waals surface area contributed by atoms with Crippen LogP contribution in [0.2, 0.25) is 5.02 Å². The topological polar surface area (TPSA) is 86.8 Å². The lowest BCUT2D eigenvalue weighted by molar-refractivity contribution is -0.141. The van der Waals surface area contributed by atoms with Crippen molar-refractivity contribution in [2.75, 3.05) is 17.1 Å². The van der Waals surface area contributed by atoms with Crippen LogP contribution in [0.15, 0.2) is 84.9 Å². The average molecular weight is 596 g/mol. The zero-order chi connectivity index (χ0) is 29.2. The maximum atomic E-state index is 13.9. The molecular weight excluding hydrogens is 558 g/mol. The molecule has 1 saturated carbocycles. The largest absolute Gasteiger partial charge is 0.352 e. The van der Waals surface area contributed by atoms with Crippen LogP contribution in [-0.2, 0) is 32.6 Å². The molecule has 0 radical (unpaired) electrons. The molecular formula is C32H38ClN3O4S. The Kier molecular flexibility index (Phi) is 10.8. The Hall–Kier alpha value is -3.36. The van der Waals surface area contributed by atoms with E-state index in [-0.39, 0.29) is 37.4 Å². The smallest absolute Gasteiger partial charge is 0.243 e. The van der Waals surface area contributed by atoms with Crippen LogP contribution >= 0.6 is 11.6 Å². The first kappa shape index (κ1) is 30.6. The molecule has 1 aliphatic carbocycles. The summed E-state index contributed by atoms with van der Waals surface area (Å²) in [5.74, 6) is -0.343. The quantitative estimate of drug-likeness (QED) is 0.279. The highest BCUT2D eigenvalue weighted by Gasteiger charge is 2.32. The van der Waals surface area contributed by atoms with Gasteiger partial charge in [-0.05, 0) is 54.7 Å². The van der Waals surface area contributed by atoms with E-state index in [1.807, 2.05) is 60.7 Å². The van der Waals surface area contributed by atoms with Gasteiger partial charge in [0, 0.05) is 37.0 Å². The molecule has 3 aromatic carbocycles. The summed E-state index contributed by atoms with van der Waals surface area (Å²) in [7, 11) is -3.58. The molecule has 1 aliphatic rings. The van der Waals surface area contributed by atoms with Crippen molar-refractivity contribution in [2.24, 2.45) is 0 Å². The number of halogens is 1. The van der Waals surface area contributed by atoms with Gasteiger partial charge >= 0.3 is 0 Å². The van der Waals surface area contributed by atoms with E-state index in [9.17, 15) is 18.0 Å². The van der Waals surface area contributed by atoms with Gasteiger partial charge in [-0.3, -0.25) is 13.9 Å². The highest BCUT2D eigenvalue weighted by Crippen LogP contribution is 2.23. The molecule has 7 nitrogen and oxygen atoms in total. The summed E-state index contributed by atoms with van der Waals surface area (Å²) in [4.78, 5) is 29.3. The van der Waals surface area contributed by atoms with Crippen LogP contribution in [0, 0.1) is 0 Å². The van der Waals surface area contributed by atoms with E-state index in [1.165, 1.54) is 4.31 Å². The average Bonchev–Trinajstić information content (AvgIpc) is 3.47. The van der Waals surface area contributed by atoms with Gasteiger partial charge in [-0.15, -0.1) is 0 Å². The fourth-order valence-electron chi connectivity index (χ4n) is 5.31. The lowest BCUT2D eigenvalue weighted by Crippen LogP contribution is -2.52. The summed E-state index contributed by atoms with van der Waals surface area (Å²) in [6.07, 6.45) is 5.99. The Labute approximate surface area is 248 Å². The van der Waals surface area contributed by atoms with Crippen molar-refractivity contribution in [3.8, 4) is 0 Å². The Balaban J connectivity index is 1.56. The third kappa shape index (κ3) is 9.07. The molecule has 218 valence electrons. The molecule has 0 aliphatic heterocycles. The van der Waals surface area contributed by atoms with E-state index >= 15 is 0 Å². The first-order chi connectivity index (χ1) is 19.7. The summed E-state index contributed by atoms with van der Waals surface area (Å²) in [5, 5.41) is 3.72. The molecule has 0 bridgehead atoms. The second kappa shape index (κ2) is 14.5. The van der Waals surface area contributed by atoms with Crippen molar-refractivity contribution >= 4 is 39.1 Å². The van der Waals surface area contributed by atoms with Crippen molar-refractivity contribution in [3.05, 3.63) is 101 Å². The van der Waals surface area contributed by atoms with Crippen LogP contribution in [0.5, 0.6) is 0 Å². The van der Waals surface area contributed by atoms with Crippen molar-refractivity contribution in [2.45, 2.75) is 63.6 Å². The van der Waals surface area contributed by atoms with E-state index in [0.717, 1.165) is 43.1 Å². The zero-order valence-electron chi connectivity index (χ0n) is 23.4. The molecule has 0 unspecified atom stereocenters. The highest BCUT2D eigenvalue weighted by atomic mass is 35.5. The van der Waals surface area contributed by atoms with Gasteiger partial charge in [-0.25, -0.2) is 8.42 Å². The Morgan fingerprint density at radius 1 is 0.902 bits per heavy atom. The van der Waals surface area contributed by atoms with E-state index in [4.69, 9.17) is 11.6 Å². The Morgan fingerprint density at radius 2 is 1.49 bits per heavy atom. The fourth-order valence-corrected chi connectivity index (χ4v) is 6.40. The van der Waals surface area contributed by atoms with Crippen LogP contribution in [0.3, 0.4) is 0 Å². The van der Waals surface area contributed by atoms with E-state index < -0.39 is 16.1 Å². The molecule has 41 heavy (non-hydrogen) atoms. The fraction of sp³-hybridized carbons (Fsp3) is 0.375. The summed E-state index contributed by atoms with van der Waals surface area (Å²) < 4.78 is 26.4. The van der Waals surface area contributed by atoms with Gasteiger partial charge in [0.05, 0.1) is 11.9 Å². The minimum absolute atomic E-state index is 0.0917. The van der Waals surface area contributed by atoms with E-state index in [1.54, 1.807) is 29.2 Å². The van der Waals surface area contributed by atoms with Gasteiger partial charge in [0.2, 0.25) is 21.8 Å². The number of nitrogens with one attached hydrogen (secondary N) is 1. The first-order valence-corrected chi connectivity index (χ1v) is 16.3. The zero-order valence-corrected chi connectivity index (χ0v) is 25.0. The number of hydrogen-bond acceptors (Lipinski definition) is 4. The van der Waals surface area contributed by atoms with Gasteiger partial charge in [0.15, 0.2) is 0 Å². The number of sulfonamides is 1. The summed E-state index contributed by atoms with van der Waals surface area (Å²) in [5.41, 5.74) is 2.38. The van der Waals surface area contributed by atoms with E-state index in [2.05, 4.69) is 5.32 Å². The van der Waals surface area contributed by atoms with E-state index in [0.29, 0.717) is 23.6 Å². The summed E-state index contributed by atoms with van der Waals surface area (Å²) in [6, 6.07) is 25.4. The van der Waals surface area contributed by atoms with Gasteiger partial charge in [-0.2, -0.15) is 0 Å². The van der Waals surface area contributed by atoms with Crippen LogP contribution in [-0.4, -0.2) is 50.0 Å². The maximum Gasteiger partial charge on any atom is 0.243 e. The number of benzene rings is 3. The molecule has 3 aromatic rings. The van der Waals surface area contributed by atoms with Crippen molar-refractivity contribution in [1.29, 1.82) is 0 Å². The van der Waals surface area contributed by atoms with Crippen molar-refractivity contribution in [3.63, 3.8) is 0 Å². The van der Waals surface area contributed by atoms with Crippen LogP contribution < -0.4 is 9.62 Å². The van der Waals surface area contributed by atoms with Gasteiger partial charge in [-0.1, -0.05) is 85.1 Å². The number of anilines is 1. The number of rotatable bonds is 13. The summed E-state index contributed by atoms with van der Waals surface area (Å²) in [6.45, 7) is 0.408. The van der Waals surface area contributed by atoms with Gasteiger partial charge in [0.25, 0.3) is 0 Å². The standard InChI is InChI=1S/C32H38ClN3O4S/c1-41(39,40)36(29-20-18-27(33)19-21-29)22-10-17-31(37)35(24-26-13-6-3-7-14-26)30(23-25-11-4-2-5-12-25)32(38)34-28-15-8-9-16-28/h2-7,11-14,18-21,28,30H,8-10,15-17,22-24H2,1H3,(H,34,38)/t30-/m0/s1. The molecule has 1 atom stereocenters. The second-order valence-corrected chi connectivity index (χ2v) is 13.0. The minimum atomic E-state index is -3.58. The second-order valence-electron chi connectivity index (χ2n) is 10.6. The number of hydrogen-bond donors (Lipinski definition) is 1. The first-order valence-electron chi connectivity index (χ1n) is 14.1. The van der Waals surface area contributed by atoms with Crippen LogP contribution in [0.25, 0.3) is 0 Å². The molecule has 1 N–H and O–H groups in total. The highest BCUT2D eigenvalue weighted by molar-refractivity contribution is 7.92. The maximum absolute atomic E-state index is 13.9. The number of carbonyl (C=O) groups is 2. The van der Waals surface area contributed by atoms with Gasteiger partial charge in [0.1, 0.15) is 6.04 Å². The molecule has 1 fully saturated rings. The molecule has 0 heterocycles. The molecule has 9 heteroatoms. The van der Waals surface area contributed by atoms with Crippen molar-refractivity contribution in [1.82, 2.24) is 10.2 Å². The number of amides is 2. The monoisotopic (exact) mass is 595 g/mol.